The SMILES string of the molecule is CCc1nn(CCNC(=O)OC(C)(C)C)c(CBr)c1Oc1cc(Cl)cc(Cl)c1. The monoisotopic (exact) mass is 491 g/mol. The number of carbonyl (C=O) groups excluding carboxylic acids is 1. The number of hydrogen-bond acceptors (Lipinski definition) is 4. The van der Waals surface area contributed by atoms with Crippen LogP contribution in [-0.4, -0.2) is 28.0 Å². The number of nitrogens with one attached hydrogen (secondary N) is 1. The van der Waals surface area contributed by atoms with E-state index >= 15 is 0 Å². The maximum absolute atomic E-state index is 11.8. The van der Waals surface area contributed by atoms with Crippen LogP contribution >= 0.6 is 39.1 Å². The predicted molar refractivity (Wildman–Crippen MR) is 115 cm³/mol. The van der Waals surface area contributed by atoms with E-state index in [1.54, 1.807) is 18.2 Å². The Kier molecular flexibility index (Phi) is 8.04. The molecule has 28 heavy (non-hydrogen) atoms. The smallest absolute Gasteiger partial charge is 0.407 e. The summed E-state index contributed by atoms with van der Waals surface area (Å²) < 4.78 is 13.1. The van der Waals surface area contributed by atoms with Gasteiger partial charge in [-0.1, -0.05) is 46.1 Å². The quantitative estimate of drug-likeness (QED) is 0.484. The molecule has 0 saturated heterocycles. The van der Waals surface area contributed by atoms with Gasteiger partial charge in [-0.05, 0) is 45.4 Å². The zero-order chi connectivity index (χ0) is 20.9. The summed E-state index contributed by atoms with van der Waals surface area (Å²) in [5.41, 5.74) is 1.13. The van der Waals surface area contributed by atoms with Crippen LogP contribution in [0.25, 0.3) is 0 Å². The summed E-state index contributed by atoms with van der Waals surface area (Å²) >= 11 is 15.6. The molecule has 2 aromatic rings. The average Bonchev–Trinajstić information content (AvgIpc) is 2.88. The molecule has 0 fully saturated rings. The largest absolute Gasteiger partial charge is 0.453 e. The Morgan fingerprint density at radius 2 is 1.89 bits per heavy atom. The molecule has 0 unspecified atom stereocenters. The minimum absolute atomic E-state index is 0.377. The summed E-state index contributed by atoms with van der Waals surface area (Å²) in [6.07, 6.45) is 0.233. The topological polar surface area (TPSA) is 65.4 Å². The first kappa shape index (κ1) is 22.8. The fourth-order valence-electron chi connectivity index (χ4n) is 2.48. The van der Waals surface area contributed by atoms with Crippen LogP contribution in [0.2, 0.25) is 10.0 Å². The molecule has 6 nitrogen and oxygen atoms in total. The van der Waals surface area contributed by atoms with Crippen molar-refractivity contribution < 1.29 is 14.3 Å². The van der Waals surface area contributed by atoms with Crippen molar-refractivity contribution in [1.29, 1.82) is 0 Å². The van der Waals surface area contributed by atoms with E-state index in [4.69, 9.17) is 32.7 Å². The Morgan fingerprint density at radius 3 is 2.43 bits per heavy atom. The van der Waals surface area contributed by atoms with Crippen molar-refractivity contribution in [3.05, 3.63) is 39.6 Å². The standard InChI is InChI=1S/C19H24BrCl2N3O3/c1-5-15-17(27-14-9-12(21)8-13(22)10-14)16(11-20)25(24-15)7-6-23-18(26)28-19(2,3)4/h8-10H,5-7,11H2,1-4H3,(H,23,26). The molecule has 0 aliphatic carbocycles. The van der Waals surface area contributed by atoms with Crippen LogP contribution in [0.15, 0.2) is 18.2 Å². The fraction of sp³-hybridized carbons (Fsp3) is 0.474. The van der Waals surface area contributed by atoms with Gasteiger partial charge in [-0.2, -0.15) is 5.10 Å². The molecule has 0 spiro atoms. The van der Waals surface area contributed by atoms with E-state index in [2.05, 4.69) is 26.3 Å². The number of hydrogen-bond donors (Lipinski definition) is 1. The molecule has 0 bridgehead atoms. The van der Waals surface area contributed by atoms with Gasteiger partial charge in [-0.15, -0.1) is 0 Å². The van der Waals surface area contributed by atoms with Crippen molar-refractivity contribution in [3.63, 3.8) is 0 Å². The molecule has 0 saturated carbocycles. The lowest BCUT2D eigenvalue weighted by Crippen LogP contribution is -2.34. The van der Waals surface area contributed by atoms with Crippen LogP contribution in [-0.2, 0) is 23.0 Å². The molecular weight excluding hydrogens is 469 g/mol. The average molecular weight is 493 g/mol. The highest BCUT2D eigenvalue weighted by molar-refractivity contribution is 9.08. The zero-order valence-electron chi connectivity index (χ0n) is 16.3. The van der Waals surface area contributed by atoms with Crippen LogP contribution in [0.4, 0.5) is 4.79 Å². The van der Waals surface area contributed by atoms with Gasteiger partial charge in [0, 0.05) is 21.9 Å². The third-order valence-electron chi connectivity index (χ3n) is 3.59. The molecule has 0 aliphatic rings. The first-order chi connectivity index (χ1) is 13.1. The lowest BCUT2D eigenvalue weighted by Gasteiger charge is -2.19. The highest BCUT2D eigenvalue weighted by Gasteiger charge is 2.20. The maximum Gasteiger partial charge on any atom is 0.407 e. The molecule has 1 aromatic heterocycles. The number of carbonyl (C=O) groups is 1. The first-order valence-electron chi connectivity index (χ1n) is 8.88. The Labute approximate surface area is 183 Å². The first-order valence-corrected chi connectivity index (χ1v) is 10.8. The van der Waals surface area contributed by atoms with Gasteiger partial charge < -0.3 is 14.8 Å². The normalized spacial score (nSPS) is 11.4. The fourth-order valence-corrected chi connectivity index (χ4v) is 3.53. The van der Waals surface area contributed by atoms with Gasteiger partial charge in [-0.3, -0.25) is 4.68 Å². The second-order valence-corrected chi connectivity index (χ2v) is 8.50. The number of aromatic nitrogens is 2. The summed E-state index contributed by atoms with van der Waals surface area (Å²) in [6, 6.07) is 5.05. The third kappa shape index (κ3) is 6.57. The van der Waals surface area contributed by atoms with E-state index in [1.807, 2.05) is 32.4 Å². The van der Waals surface area contributed by atoms with Crippen LogP contribution < -0.4 is 10.1 Å². The maximum atomic E-state index is 11.8. The van der Waals surface area contributed by atoms with Crippen molar-refractivity contribution in [1.82, 2.24) is 15.1 Å². The molecule has 154 valence electrons. The van der Waals surface area contributed by atoms with E-state index in [0.29, 0.717) is 46.4 Å². The summed E-state index contributed by atoms with van der Waals surface area (Å²) in [5, 5.41) is 8.88. The number of rotatable bonds is 7. The Hall–Kier alpha value is -1.44. The Balaban J connectivity index is 2.15. The van der Waals surface area contributed by atoms with Crippen molar-refractivity contribution in [2.75, 3.05) is 6.54 Å². The van der Waals surface area contributed by atoms with E-state index in [9.17, 15) is 4.79 Å². The summed E-state index contributed by atoms with van der Waals surface area (Å²) in [6.45, 7) is 8.32. The van der Waals surface area contributed by atoms with Gasteiger partial charge in [0.2, 0.25) is 0 Å². The molecule has 0 atom stereocenters. The molecule has 1 amide bonds. The van der Waals surface area contributed by atoms with Crippen molar-refractivity contribution in [2.45, 2.75) is 51.6 Å². The number of ether oxygens (including phenoxy) is 2. The lowest BCUT2D eigenvalue weighted by molar-refractivity contribution is 0.0525. The molecule has 1 heterocycles. The van der Waals surface area contributed by atoms with Gasteiger partial charge in [0.05, 0.1) is 12.2 Å². The van der Waals surface area contributed by atoms with Gasteiger partial charge in [0.25, 0.3) is 0 Å². The molecular formula is C19H24BrCl2N3O3. The second kappa shape index (κ2) is 9.85. The van der Waals surface area contributed by atoms with E-state index in [1.165, 1.54) is 0 Å². The summed E-state index contributed by atoms with van der Waals surface area (Å²) in [7, 11) is 0. The van der Waals surface area contributed by atoms with Gasteiger partial charge >= 0.3 is 6.09 Å². The molecule has 2 rings (SSSR count). The molecule has 0 aliphatic heterocycles. The number of alkyl carbamates (subject to hydrolysis) is 1. The van der Waals surface area contributed by atoms with Gasteiger partial charge in [0.15, 0.2) is 5.75 Å². The van der Waals surface area contributed by atoms with E-state index < -0.39 is 11.7 Å². The van der Waals surface area contributed by atoms with Gasteiger partial charge in [-0.25, -0.2) is 4.79 Å². The van der Waals surface area contributed by atoms with E-state index in [0.717, 1.165) is 11.4 Å². The Bertz CT molecular complexity index is 814. The number of halogens is 3. The lowest BCUT2D eigenvalue weighted by atomic mass is 10.2. The predicted octanol–water partition coefficient (Wildman–Crippen LogP) is 5.96. The van der Waals surface area contributed by atoms with Crippen LogP contribution in [0.1, 0.15) is 39.1 Å². The number of amides is 1. The minimum atomic E-state index is -0.536. The van der Waals surface area contributed by atoms with Crippen molar-refractivity contribution in [3.8, 4) is 11.5 Å². The van der Waals surface area contributed by atoms with Crippen LogP contribution in [0.5, 0.6) is 11.5 Å². The summed E-state index contributed by atoms with van der Waals surface area (Å²) in [4.78, 5) is 11.8. The molecule has 0 radical (unpaired) electrons. The van der Waals surface area contributed by atoms with Crippen LogP contribution in [0, 0.1) is 0 Å². The summed E-state index contributed by atoms with van der Waals surface area (Å²) in [5.74, 6) is 1.20. The van der Waals surface area contributed by atoms with E-state index in [-0.39, 0.29) is 0 Å². The van der Waals surface area contributed by atoms with Crippen molar-refractivity contribution in [2.24, 2.45) is 0 Å². The molecule has 9 heteroatoms. The third-order valence-corrected chi connectivity index (χ3v) is 4.55. The minimum Gasteiger partial charge on any atom is -0.453 e. The zero-order valence-corrected chi connectivity index (χ0v) is 19.4. The highest BCUT2D eigenvalue weighted by Crippen LogP contribution is 2.34. The number of nitrogens with zero attached hydrogens (tertiary/aromatic N) is 2. The van der Waals surface area contributed by atoms with Gasteiger partial charge in [0.1, 0.15) is 17.0 Å². The number of aryl methyl sites for hydroxylation is 1. The highest BCUT2D eigenvalue weighted by atomic mass is 79.9. The molecule has 1 N–H and O–H groups in total. The van der Waals surface area contributed by atoms with Crippen LogP contribution in [0.3, 0.4) is 0 Å². The number of alkyl halides is 1. The van der Waals surface area contributed by atoms with Crippen molar-refractivity contribution >= 4 is 45.2 Å². The second-order valence-electron chi connectivity index (χ2n) is 7.07. The number of benzene rings is 1. The molecule has 1 aromatic carbocycles. The Morgan fingerprint density at radius 1 is 1.25 bits per heavy atom.